The largest absolute Gasteiger partial charge is 0.403 e. The van der Waals surface area contributed by atoms with Crippen molar-refractivity contribution in [2.75, 3.05) is 0 Å². The van der Waals surface area contributed by atoms with Gasteiger partial charge in [0.15, 0.2) is 5.69 Å². The van der Waals surface area contributed by atoms with Crippen molar-refractivity contribution in [2.24, 2.45) is 0 Å². The van der Waals surface area contributed by atoms with Crippen LogP contribution in [0.2, 0.25) is 0 Å². The summed E-state index contributed by atoms with van der Waals surface area (Å²) in [7, 11) is 0. The summed E-state index contributed by atoms with van der Waals surface area (Å²) in [5.41, 5.74) is 0.121. The summed E-state index contributed by atoms with van der Waals surface area (Å²) < 4.78 is 4.89. The van der Waals surface area contributed by atoms with E-state index in [0.717, 1.165) is 0 Å². The third-order valence-electron chi connectivity index (χ3n) is 1.46. The van der Waals surface area contributed by atoms with Gasteiger partial charge in [-0.05, 0) is 6.07 Å². The Labute approximate surface area is 78.9 Å². The van der Waals surface area contributed by atoms with E-state index in [-0.39, 0.29) is 11.6 Å². The first-order valence-electron chi connectivity index (χ1n) is 3.85. The van der Waals surface area contributed by atoms with Gasteiger partial charge in [-0.3, -0.25) is 0 Å². The van der Waals surface area contributed by atoms with E-state index in [4.69, 9.17) is 4.74 Å². The molecule has 2 heterocycles. The van der Waals surface area contributed by atoms with Crippen LogP contribution in [0.1, 0.15) is 10.5 Å². The van der Waals surface area contributed by atoms with E-state index in [9.17, 15) is 4.79 Å². The highest BCUT2D eigenvalue weighted by Gasteiger charge is 2.11. The van der Waals surface area contributed by atoms with Crippen LogP contribution in [0.15, 0.2) is 30.6 Å². The molecule has 6 heteroatoms. The molecule has 0 atom stereocenters. The molecule has 1 N–H and O–H groups in total. The minimum absolute atomic E-state index is 0.121. The monoisotopic (exact) mass is 190 g/mol. The van der Waals surface area contributed by atoms with Gasteiger partial charge in [-0.15, -0.1) is 5.10 Å². The summed E-state index contributed by atoms with van der Waals surface area (Å²) in [6.07, 6.45) is 2.82. The molecule has 0 spiro atoms. The average molecular weight is 190 g/mol. The van der Waals surface area contributed by atoms with E-state index < -0.39 is 5.97 Å². The van der Waals surface area contributed by atoms with Crippen LogP contribution >= 0.6 is 0 Å². The number of carbonyl (C=O) groups is 1. The maximum atomic E-state index is 11.3. The zero-order valence-electron chi connectivity index (χ0n) is 7.04. The molecule has 0 fully saturated rings. The van der Waals surface area contributed by atoms with Crippen LogP contribution < -0.4 is 4.74 Å². The summed E-state index contributed by atoms with van der Waals surface area (Å²) in [5.74, 6) is -0.349. The van der Waals surface area contributed by atoms with Gasteiger partial charge in [-0.2, -0.15) is 10.3 Å². The first-order chi connectivity index (χ1) is 6.86. The first-order valence-corrected chi connectivity index (χ1v) is 3.85. The van der Waals surface area contributed by atoms with E-state index in [2.05, 4.69) is 20.4 Å². The molecular formula is C8H6N4O2. The van der Waals surface area contributed by atoms with Crippen molar-refractivity contribution in [3.63, 3.8) is 0 Å². The molecule has 0 bridgehead atoms. The van der Waals surface area contributed by atoms with Crippen molar-refractivity contribution >= 4 is 5.97 Å². The zero-order valence-corrected chi connectivity index (χ0v) is 7.04. The normalized spacial score (nSPS) is 9.71. The number of nitrogens with zero attached hydrogens (tertiary/aromatic N) is 3. The highest BCUT2D eigenvalue weighted by atomic mass is 16.5. The van der Waals surface area contributed by atoms with Crippen LogP contribution in [0.4, 0.5) is 0 Å². The van der Waals surface area contributed by atoms with E-state index in [1.165, 1.54) is 12.4 Å². The van der Waals surface area contributed by atoms with Crippen LogP contribution in [0.5, 0.6) is 5.88 Å². The lowest BCUT2D eigenvalue weighted by Crippen LogP contribution is -2.09. The Morgan fingerprint density at radius 2 is 2.36 bits per heavy atom. The third kappa shape index (κ3) is 1.74. The third-order valence-corrected chi connectivity index (χ3v) is 1.46. The van der Waals surface area contributed by atoms with Crippen LogP contribution in [0.25, 0.3) is 0 Å². The number of nitrogens with one attached hydrogen (secondary N) is 1. The number of rotatable bonds is 2. The number of hydrogen-bond donors (Lipinski definition) is 1. The second-order valence-electron chi connectivity index (χ2n) is 2.41. The molecule has 0 aromatic carbocycles. The minimum atomic E-state index is -0.586. The molecule has 0 unspecified atom stereocenters. The summed E-state index contributed by atoms with van der Waals surface area (Å²) in [6, 6.07) is 5.03. The Balaban J connectivity index is 2.10. The molecule has 0 amide bonds. The standard InChI is InChI=1S/C8H6N4O2/c13-8(6-5-10-12-11-6)14-7-3-1-2-4-9-7/h1-5H,(H,10,11,12). The summed E-state index contributed by atoms with van der Waals surface area (Å²) in [6.45, 7) is 0. The molecule has 0 aliphatic heterocycles. The lowest BCUT2D eigenvalue weighted by atomic mass is 10.5. The summed E-state index contributed by atoms with van der Waals surface area (Å²) in [5, 5.41) is 9.38. The number of hydrogen-bond acceptors (Lipinski definition) is 5. The highest BCUT2D eigenvalue weighted by molar-refractivity contribution is 5.88. The smallest absolute Gasteiger partial charge is 0.367 e. The van der Waals surface area contributed by atoms with E-state index in [1.807, 2.05) is 0 Å². The van der Waals surface area contributed by atoms with Gasteiger partial charge in [-0.25, -0.2) is 9.78 Å². The molecule has 0 aliphatic carbocycles. The van der Waals surface area contributed by atoms with Gasteiger partial charge in [0.05, 0.1) is 6.20 Å². The lowest BCUT2D eigenvalue weighted by molar-refractivity contribution is 0.0721. The number of ether oxygens (including phenoxy) is 1. The van der Waals surface area contributed by atoms with Crippen molar-refractivity contribution in [1.82, 2.24) is 20.4 Å². The van der Waals surface area contributed by atoms with E-state index >= 15 is 0 Å². The molecule has 2 aromatic rings. The van der Waals surface area contributed by atoms with Crippen molar-refractivity contribution in [1.29, 1.82) is 0 Å². The predicted molar refractivity (Wildman–Crippen MR) is 45.6 cm³/mol. The molecule has 0 radical (unpaired) electrons. The van der Waals surface area contributed by atoms with Crippen LogP contribution in [0.3, 0.4) is 0 Å². The number of pyridine rings is 1. The number of aromatic amines is 1. The van der Waals surface area contributed by atoms with Crippen molar-refractivity contribution in [3.05, 3.63) is 36.3 Å². The van der Waals surface area contributed by atoms with Crippen molar-refractivity contribution in [3.8, 4) is 5.88 Å². The van der Waals surface area contributed by atoms with E-state index in [1.54, 1.807) is 18.2 Å². The average Bonchev–Trinajstić information content (AvgIpc) is 2.72. The minimum Gasteiger partial charge on any atom is -0.403 e. The Morgan fingerprint density at radius 1 is 1.43 bits per heavy atom. The molecule has 0 saturated heterocycles. The molecule has 14 heavy (non-hydrogen) atoms. The highest BCUT2D eigenvalue weighted by Crippen LogP contribution is 2.05. The first kappa shape index (κ1) is 8.36. The molecule has 0 aliphatic rings. The number of carbonyl (C=O) groups excluding carboxylic acids is 1. The number of H-pyrrole nitrogens is 1. The fourth-order valence-electron chi connectivity index (χ4n) is 0.855. The lowest BCUT2D eigenvalue weighted by Gasteiger charge is -1.98. The van der Waals surface area contributed by atoms with Gasteiger partial charge in [0, 0.05) is 12.3 Å². The molecule has 70 valence electrons. The molecule has 2 rings (SSSR count). The second-order valence-corrected chi connectivity index (χ2v) is 2.41. The van der Waals surface area contributed by atoms with Crippen LogP contribution in [0, 0.1) is 0 Å². The SMILES string of the molecule is O=C(Oc1ccccn1)c1cn[nH]n1. The second kappa shape index (κ2) is 3.65. The van der Waals surface area contributed by atoms with Crippen molar-refractivity contribution in [2.45, 2.75) is 0 Å². The van der Waals surface area contributed by atoms with Gasteiger partial charge < -0.3 is 4.74 Å². The number of esters is 1. The maximum Gasteiger partial charge on any atom is 0.367 e. The fraction of sp³-hybridized carbons (Fsp3) is 0. The predicted octanol–water partition coefficient (Wildman–Crippen LogP) is 0.419. The van der Waals surface area contributed by atoms with Crippen molar-refractivity contribution < 1.29 is 9.53 Å². The Kier molecular flexibility index (Phi) is 2.18. The zero-order chi connectivity index (χ0) is 9.80. The van der Waals surface area contributed by atoms with E-state index in [0.29, 0.717) is 0 Å². The van der Waals surface area contributed by atoms with Gasteiger partial charge in [0.25, 0.3) is 0 Å². The van der Waals surface area contributed by atoms with Gasteiger partial charge in [-0.1, -0.05) is 6.07 Å². The molecule has 6 nitrogen and oxygen atoms in total. The quantitative estimate of drug-likeness (QED) is 0.694. The maximum absolute atomic E-state index is 11.3. The van der Waals surface area contributed by atoms with Gasteiger partial charge >= 0.3 is 5.97 Å². The summed E-state index contributed by atoms with van der Waals surface area (Å²) in [4.78, 5) is 15.1. The summed E-state index contributed by atoms with van der Waals surface area (Å²) >= 11 is 0. The topological polar surface area (TPSA) is 80.8 Å². The molecular weight excluding hydrogens is 184 g/mol. The van der Waals surface area contributed by atoms with Crippen LogP contribution in [-0.4, -0.2) is 26.4 Å². The molecule has 2 aromatic heterocycles. The van der Waals surface area contributed by atoms with Gasteiger partial charge in [0.1, 0.15) is 0 Å². The molecule has 0 saturated carbocycles. The van der Waals surface area contributed by atoms with Gasteiger partial charge in [0.2, 0.25) is 5.88 Å². The Morgan fingerprint density at radius 3 is 3.00 bits per heavy atom. The fourth-order valence-corrected chi connectivity index (χ4v) is 0.855. The Hall–Kier alpha value is -2.24. The Bertz CT molecular complexity index is 412. The van der Waals surface area contributed by atoms with Crippen LogP contribution in [-0.2, 0) is 0 Å². The number of aromatic nitrogens is 4.